The molecule has 0 saturated heterocycles. The molecule has 1 aromatic rings. The maximum atomic E-state index is 11.8. The van der Waals surface area contributed by atoms with Crippen molar-refractivity contribution in [2.24, 2.45) is 5.41 Å². The van der Waals surface area contributed by atoms with Gasteiger partial charge in [-0.1, -0.05) is 0 Å². The van der Waals surface area contributed by atoms with Crippen LogP contribution in [0.5, 0.6) is 0 Å². The van der Waals surface area contributed by atoms with E-state index in [1.807, 2.05) is 0 Å². The molecule has 21 heavy (non-hydrogen) atoms. The minimum atomic E-state index is -3.35. The third-order valence-electron chi connectivity index (χ3n) is 3.43. The van der Waals surface area contributed by atoms with Gasteiger partial charge in [0.05, 0.1) is 18.4 Å². The van der Waals surface area contributed by atoms with E-state index in [0.29, 0.717) is 18.7 Å². The molecule has 3 N–H and O–H groups in total. The van der Waals surface area contributed by atoms with Gasteiger partial charge in [0.15, 0.2) is 5.13 Å². The molecule has 2 rings (SSSR count). The first-order valence-corrected chi connectivity index (χ1v) is 9.39. The number of hydrogen-bond donors (Lipinski definition) is 3. The summed E-state index contributed by atoms with van der Waals surface area (Å²) < 4.78 is 24.4. The second kappa shape index (κ2) is 6.29. The SMILES string of the molecule is CS(=O)(=O)Nc1nc(CC(=O)NCC2(CCO)CC2)cs1. The van der Waals surface area contributed by atoms with E-state index in [2.05, 4.69) is 15.0 Å². The fourth-order valence-electron chi connectivity index (χ4n) is 2.04. The number of carbonyl (C=O) groups is 1. The third-order valence-corrected chi connectivity index (χ3v) is 4.93. The van der Waals surface area contributed by atoms with Crippen LogP contribution in [-0.2, 0) is 21.2 Å². The van der Waals surface area contributed by atoms with E-state index in [4.69, 9.17) is 5.11 Å². The number of carbonyl (C=O) groups excluding carboxylic acids is 1. The van der Waals surface area contributed by atoms with E-state index < -0.39 is 10.0 Å². The van der Waals surface area contributed by atoms with Crippen molar-refractivity contribution in [1.29, 1.82) is 0 Å². The monoisotopic (exact) mass is 333 g/mol. The molecular formula is C12H19N3O4S2. The minimum Gasteiger partial charge on any atom is -0.396 e. The van der Waals surface area contributed by atoms with Crippen LogP contribution in [0.25, 0.3) is 0 Å². The second-order valence-corrected chi connectivity index (χ2v) is 8.05. The number of sulfonamides is 1. The van der Waals surface area contributed by atoms with Gasteiger partial charge >= 0.3 is 0 Å². The number of amides is 1. The number of thiazole rings is 1. The van der Waals surface area contributed by atoms with Crippen molar-refractivity contribution in [3.8, 4) is 0 Å². The van der Waals surface area contributed by atoms with E-state index in [0.717, 1.165) is 30.4 Å². The Labute approximate surface area is 127 Å². The van der Waals surface area contributed by atoms with Crippen LogP contribution in [0.15, 0.2) is 5.38 Å². The van der Waals surface area contributed by atoms with Crippen molar-refractivity contribution in [3.05, 3.63) is 11.1 Å². The number of nitrogens with one attached hydrogen (secondary N) is 2. The Morgan fingerprint density at radius 1 is 1.52 bits per heavy atom. The number of aliphatic hydroxyl groups excluding tert-OH is 1. The quantitative estimate of drug-likeness (QED) is 0.635. The Balaban J connectivity index is 1.80. The highest BCUT2D eigenvalue weighted by Crippen LogP contribution is 2.47. The van der Waals surface area contributed by atoms with Crippen molar-refractivity contribution in [2.75, 3.05) is 24.1 Å². The largest absolute Gasteiger partial charge is 0.396 e. The topological polar surface area (TPSA) is 108 Å². The summed E-state index contributed by atoms with van der Waals surface area (Å²) in [7, 11) is -3.35. The summed E-state index contributed by atoms with van der Waals surface area (Å²) in [6, 6.07) is 0. The lowest BCUT2D eigenvalue weighted by molar-refractivity contribution is -0.120. The predicted octanol–water partition coefficient (Wildman–Crippen LogP) is 0.336. The van der Waals surface area contributed by atoms with Crippen molar-refractivity contribution < 1.29 is 18.3 Å². The van der Waals surface area contributed by atoms with Crippen LogP contribution in [0.3, 0.4) is 0 Å². The maximum absolute atomic E-state index is 11.8. The van der Waals surface area contributed by atoms with Gasteiger partial charge in [0.2, 0.25) is 15.9 Å². The number of anilines is 1. The number of aliphatic hydroxyl groups is 1. The number of rotatable bonds is 8. The zero-order chi connectivity index (χ0) is 15.5. The molecule has 1 amide bonds. The molecule has 1 fully saturated rings. The molecule has 0 atom stereocenters. The smallest absolute Gasteiger partial charge is 0.231 e. The summed E-state index contributed by atoms with van der Waals surface area (Å²) in [6.45, 7) is 0.716. The van der Waals surface area contributed by atoms with Gasteiger partial charge in [-0.3, -0.25) is 9.52 Å². The molecule has 1 aromatic heterocycles. The van der Waals surface area contributed by atoms with Gasteiger partial charge < -0.3 is 10.4 Å². The van der Waals surface area contributed by atoms with E-state index in [1.165, 1.54) is 0 Å². The second-order valence-electron chi connectivity index (χ2n) is 5.45. The molecule has 1 saturated carbocycles. The molecule has 0 unspecified atom stereocenters. The van der Waals surface area contributed by atoms with Gasteiger partial charge in [0.1, 0.15) is 0 Å². The van der Waals surface area contributed by atoms with Crippen LogP contribution < -0.4 is 10.0 Å². The summed E-state index contributed by atoms with van der Waals surface area (Å²) in [5.41, 5.74) is 0.617. The third kappa shape index (κ3) is 5.25. The first-order valence-electron chi connectivity index (χ1n) is 6.62. The Hall–Kier alpha value is -1.19. The molecule has 118 valence electrons. The molecule has 0 aliphatic heterocycles. The average Bonchev–Trinajstić information content (AvgIpc) is 3.00. The van der Waals surface area contributed by atoms with Crippen LogP contribution in [-0.4, -0.2) is 43.8 Å². The first kappa shape index (κ1) is 16.2. The summed E-state index contributed by atoms with van der Waals surface area (Å²) >= 11 is 1.15. The zero-order valence-corrected chi connectivity index (χ0v) is 13.4. The van der Waals surface area contributed by atoms with Crippen LogP contribution in [0.1, 0.15) is 25.0 Å². The summed E-state index contributed by atoms with van der Waals surface area (Å²) in [6.07, 6.45) is 3.96. The van der Waals surface area contributed by atoms with Crippen LogP contribution in [0.2, 0.25) is 0 Å². The maximum Gasteiger partial charge on any atom is 0.231 e. The summed E-state index contributed by atoms with van der Waals surface area (Å²) in [5, 5.41) is 13.7. The number of hydrogen-bond acceptors (Lipinski definition) is 6. The first-order chi connectivity index (χ1) is 9.82. The van der Waals surface area contributed by atoms with Gasteiger partial charge in [-0.2, -0.15) is 0 Å². The Bertz CT molecular complexity index is 608. The van der Waals surface area contributed by atoms with Crippen molar-refractivity contribution in [1.82, 2.24) is 10.3 Å². The van der Waals surface area contributed by atoms with E-state index >= 15 is 0 Å². The van der Waals surface area contributed by atoms with Crippen LogP contribution in [0.4, 0.5) is 5.13 Å². The zero-order valence-electron chi connectivity index (χ0n) is 11.8. The standard InChI is InChI=1S/C12H19N3O4S2/c1-21(18,19)15-11-14-9(7-20-11)6-10(17)13-8-12(2-3-12)4-5-16/h7,16H,2-6,8H2,1H3,(H,13,17)(H,14,15). The van der Waals surface area contributed by atoms with E-state index in [9.17, 15) is 13.2 Å². The lowest BCUT2D eigenvalue weighted by Crippen LogP contribution is -2.31. The van der Waals surface area contributed by atoms with Gasteiger partial charge in [-0.05, 0) is 24.7 Å². The highest BCUT2D eigenvalue weighted by Gasteiger charge is 2.41. The Kier molecular flexibility index (Phi) is 4.84. The Morgan fingerprint density at radius 3 is 2.81 bits per heavy atom. The van der Waals surface area contributed by atoms with Crippen LogP contribution >= 0.6 is 11.3 Å². The van der Waals surface area contributed by atoms with Crippen molar-refractivity contribution >= 4 is 32.4 Å². The minimum absolute atomic E-state index is 0.0789. The molecular weight excluding hydrogens is 314 g/mol. The molecule has 0 spiro atoms. The highest BCUT2D eigenvalue weighted by atomic mass is 32.2. The van der Waals surface area contributed by atoms with Crippen molar-refractivity contribution in [3.63, 3.8) is 0 Å². The molecule has 0 aromatic carbocycles. The number of aromatic nitrogens is 1. The normalized spacial score (nSPS) is 16.5. The molecule has 1 heterocycles. The van der Waals surface area contributed by atoms with Gasteiger partial charge in [0.25, 0.3) is 0 Å². The highest BCUT2D eigenvalue weighted by molar-refractivity contribution is 7.92. The number of nitrogens with zero attached hydrogens (tertiary/aromatic N) is 1. The molecule has 7 nitrogen and oxygen atoms in total. The van der Waals surface area contributed by atoms with E-state index in [-0.39, 0.29) is 29.5 Å². The average molecular weight is 333 g/mol. The van der Waals surface area contributed by atoms with Crippen molar-refractivity contribution in [2.45, 2.75) is 25.7 Å². The molecule has 1 aliphatic rings. The summed E-state index contributed by atoms with van der Waals surface area (Å²) in [4.78, 5) is 15.9. The van der Waals surface area contributed by atoms with Gasteiger partial charge in [-0.25, -0.2) is 13.4 Å². The lowest BCUT2D eigenvalue weighted by Gasteiger charge is -2.14. The Morgan fingerprint density at radius 2 is 2.24 bits per heavy atom. The van der Waals surface area contributed by atoms with Crippen LogP contribution in [0, 0.1) is 5.41 Å². The summed E-state index contributed by atoms with van der Waals surface area (Å²) in [5.74, 6) is -0.143. The molecule has 0 radical (unpaired) electrons. The molecule has 0 bridgehead atoms. The van der Waals surface area contributed by atoms with Gasteiger partial charge in [-0.15, -0.1) is 11.3 Å². The fraction of sp³-hybridized carbons (Fsp3) is 0.667. The fourth-order valence-corrected chi connectivity index (χ4v) is 3.60. The molecule has 9 heteroatoms. The molecule has 1 aliphatic carbocycles. The predicted molar refractivity (Wildman–Crippen MR) is 80.7 cm³/mol. The van der Waals surface area contributed by atoms with Gasteiger partial charge in [0, 0.05) is 18.5 Å². The lowest BCUT2D eigenvalue weighted by atomic mass is 10.0. The van der Waals surface area contributed by atoms with E-state index in [1.54, 1.807) is 5.38 Å².